The Balaban J connectivity index is 0.00000129. The Labute approximate surface area is 707 Å². The highest BCUT2D eigenvalue weighted by Gasteiger charge is 2.27. The number of esters is 2. The van der Waals surface area contributed by atoms with Crippen molar-refractivity contribution in [3.05, 3.63) is 277 Å². The van der Waals surface area contributed by atoms with E-state index in [0.717, 1.165) is 61.1 Å². The number of pyridine rings is 2. The maximum absolute atomic E-state index is 11.6. The number of furan rings is 1. The third-order valence-corrected chi connectivity index (χ3v) is 20.8. The van der Waals surface area contributed by atoms with Crippen molar-refractivity contribution < 1.29 is 28.3 Å². The average Bonchev–Trinajstić information content (AvgIpc) is 1.63. The number of aromatic nitrogens is 4. The summed E-state index contributed by atoms with van der Waals surface area (Å²) in [5.41, 5.74) is 10.3. The Hall–Kier alpha value is -9.65. The Bertz CT molecular complexity index is 4270. The minimum atomic E-state index is -0.407. The summed E-state index contributed by atoms with van der Waals surface area (Å²) in [5, 5.41) is 8.10. The Morgan fingerprint density at radius 3 is 1.48 bits per heavy atom. The molecule has 0 aliphatic carbocycles. The van der Waals surface area contributed by atoms with E-state index >= 15 is 0 Å². The van der Waals surface area contributed by atoms with Crippen LogP contribution in [0.25, 0.3) is 42.1 Å². The van der Waals surface area contributed by atoms with Crippen LogP contribution < -0.4 is 10.1 Å². The van der Waals surface area contributed by atoms with Crippen LogP contribution in [0.3, 0.4) is 0 Å². The van der Waals surface area contributed by atoms with Crippen molar-refractivity contribution in [3.63, 3.8) is 0 Å². The maximum Gasteiger partial charge on any atom is 0.316 e. The van der Waals surface area contributed by atoms with Crippen LogP contribution in [-0.4, -0.2) is 44.4 Å². The molecule has 0 saturated heterocycles. The first-order valence-corrected chi connectivity index (χ1v) is 44.2. The van der Waals surface area contributed by atoms with Gasteiger partial charge in [0.05, 0.1) is 23.6 Å². The normalized spacial score (nSPS) is 11.8. The van der Waals surface area contributed by atoms with E-state index in [-0.39, 0.29) is 29.7 Å². The minimum Gasteiger partial charge on any atom is -0.465 e. The van der Waals surface area contributed by atoms with Crippen molar-refractivity contribution in [2.75, 3.05) is 11.9 Å². The lowest BCUT2D eigenvalue weighted by molar-refractivity contribution is -0.148. The van der Waals surface area contributed by atoms with Gasteiger partial charge in [-0.05, 0) is 183 Å². The fourth-order valence-corrected chi connectivity index (χ4v) is 11.7. The first kappa shape index (κ1) is 106. The molecule has 7 atom stereocenters. The first-order valence-electron chi connectivity index (χ1n) is 43.4. The van der Waals surface area contributed by atoms with E-state index in [4.69, 9.17) is 13.9 Å². The fourth-order valence-electron chi connectivity index (χ4n) is 10.3. The largest absolute Gasteiger partial charge is 0.465 e. The van der Waals surface area contributed by atoms with Gasteiger partial charge in [0.2, 0.25) is 5.91 Å². The first-order chi connectivity index (χ1) is 56.2. The van der Waals surface area contributed by atoms with E-state index in [9.17, 15) is 14.4 Å². The van der Waals surface area contributed by atoms with Gasteiger partial charge in [-0.3, -0.25) is 34.3 Å². The molecule has 116 heavy (non-hydrogen) atoms. The number of thiophene rings is 1. The van der Waals surface area contributed by atoms with E-state index < -0.39 is 5.41 Å². The summed E-state index contributed by atoms with van der Waals surface area (Å²) in [6.07, 6.45) is 21.9. The summed E-state index contributed by atoms with van der Waals surface area (Å²) in [6, 6.07) is 67.2. The number of hydrogen-bond donors (Lipinski definition) is 1. The lowest BCUT2D eigenvalue weighted by Gasteiger charge is -2.19. The van der Waals surface area contributed by atoms with E-state index in [1.54, 1.807) is 24.5 Å². The van der Waals surface area contributed by atoms with Crippen LogP contribution in [0.4, 0.5) is 5.69 Å². The number of carbonyl (C=O) groups is 3. The number of amides is 1. The summed E-state index contributed by atoms with van der Waals surface area (Å²) in [6.45, 7) is 56.3. The van der Waals surface area contributed by atoms with E-state index in [2.05, 4.69) is 185 Å². The zero-order chi connectivity index (χ0) is 87.2. The highest BCUT2D eigenvalue weighted by atomic mass is 32.1. The molecule has 11 nitrogen and oxygen atoms in total. The highest BCUT2D eigenvalue weighted by Crippen LogP contribution is 2.39. The third kappa shape index (κ3) is 39.3. The van der Waals surface area contributed by atoms with Crippen molar-refractivity contribution in [1.82, 2.24) is 19.9 Å². The molecule has 12 heteroatoms. The molecule has 12 rings (SSSR count). The molecule has 7 unspecified atom stereocenters. The van der Waals surface area contributed by atoms with Crippen molar-refractivity contribution >= 4 is 77.0 Å². The van der Waals surface area contributed by atoms with Gasteiger partial charge in [0.15, 0.2) is 0 Å². The molecule has 0 radical (unpaired) electrons. The van der Waals surface area contributed by atoms with Crippen molar-refractivity contribution in [2.24, 2.45) is 17.3 Å². The maximum atomic E-state index is 11.6. The number of para-hydroxylation sites is 3. The number of hydrogen-bond acceptors (Lipinski definition) is 11. The molecule has 0 fully saturated rings. The smallest absolute Gasteiger partial charge is 0.316 e. The molecule has 0 bridgehead atoms. The molecular formula is C104H149N5O6S. The molecule has 12 aromatic rings. The number of ether oxygens (including phenoxy) is 2. The summed E-state index contributed by atoms with van der Waals surface area (Å²) in [5.74, 6) is 3.62. The predicted molar refractivity (Wildman–Crippen MR) is 505 cm³/mol. The zero-order valence-electron chi connectivity index (χ0n) is 76.4. The monoisotopic (exact) mass is 1600 g/mol. The number of rotatable bonds is 21. The van der Waals surface area contributed by atoms with Gasteiger partial charge in [-0.15, -0.1) is 11.3 Å². The number of nitrogens with zero attached hydrogens (tertiary/aromatic N) is 4. The van der Waals surface area contributed by atoms with Crippen LogP contribution in [0.1, 0.15) is 301 Å². The second kappa shape index (κ2) is 64.5. The number of fused-ring (bicyclic) bond motifs is 6. The fraction of sp³-hybridized carbons (Fsp3) is 0.433. The van der Waals surface area contributed by atoms with Gasteiger partial charge in [0.1, 0.15) is 16.9 Å². The molecule has 5 aromatic heterocycles. The van der Waals surface area contributed by atoms with Crippen LogP contribution in [0.2, 0.25) is 0 Å². The third-order valence-electron chi connectivity index (χ3n) is 19.6. The summed E-state index contributed by atoms with van der Waals surface area (Å²) >= 11 is 1.93. The van der Waals surface area contributed by atoms with Crippen LogP contribution in [0.15, 0.2) is 248 Å². The molecule has 0 aliphatic heterocycles. The van der Waals surface area contributed by atoms with E-state index in [1.807, 2.05) is 257 Å². The van der Waals surface area contributed by atoms with Crippen LogP contribution in [-0.2, 0) is 25.5 Å². The van der Waals surface area contributed by atoms with Crippen LogP contribution in [0, 0.1) is 17.3 Å². The van der Waals surface area contributed by atoms with Gasteiger partial charge in [-0.25, -0.2) is 0 Å². The summed E-state index contributed by atoms with van der Waals surface area (Å²) in [4.78, 5) is 50.6. The molecule has 0 aliphatic rings. The van der Waals surface area contributed by atoms with Crippen LogP contribution in [0.5, 0.6) is 5.75 Å². The van der Waals surface area contributed by atoms with Crippen molar-refractivity contribution in [3.8, 4) is 5.75 Å². The van der Waals surface area contributed by atoms with E-state index in [1.165, 1.54) is 78.0 Å². The van der Waals surface area contributed by atoms with Gasteiger partial charge in [0, 0.05) is 92.3 Å². The standard InChI is InChI=1S/C16H16O.C16H16S.C13H18O2.C12H16O2.C11H15NO.2C9H13N.C8H12N2.5C2H6/c1-3-11(2)12-8-9-14-13-6-4-5-7-15(13)17-16(14)10-12;1-3-11(2)12-8-6-9-14-13-7-4-5-10-15(13)17-16(12)14;1-3-11(2)13(14)15-10-9-12-7-5-4-6-8-12;1-4-12(2,3)11(13)14-10-8-6-5-7-9-10;1-3-9(2)11(13)12-10-7-5-4-6-8-10;1-3-8(2)9-4-6-10-7-5-9;1-3-8(2)9-5-4-6-10-7-9;1-3-7(2)8-6-9-4-5-10-8;5*1-2/h2*4-11H,3H2,1-2H3;4-8,11H,3,9-10H2,1-2H3;5-9H,4H2,1-3H3;4-9H,3H2,1-2H3,(H,12,13);2*4-8H,3H2,1-2H3;4-7H,3H2,1-2H3;5*1-2H3. The quantitative estimate of drug-likeness (QED) is 0.0545. The number of anilines is 1. The van der Waals surface area contributed by atoms with E-state index in [0.29, 0.717) is 41.9 Å². The number of benzene rings is 7. The second-order valence-corrected chi connectivity index (χ2v) is 28.8. The molecule has 0 spiro atoms. The lowest BCUT2D eigenvalue weighted by Crippen LogP contribution is -2.28. The van der Waals surface area contributed by atoms with Gasteiger partial charge >= 0.3 is 11.9 Å². The minimum absolute atomic E-state index is 0.0146. The molecule has 1 amide bonds. The second-order valence-electron chi connectivity index (χ2n) is 27.7. The van der Waals surface area contributed by atoms with Gasteiger partial charge in [-0.1, -0.05) is 313 Å². The molecule has 1 N–H and O–H groups in total. The average molecular weight is 1600 g/mol. The van der Waals surface area contributed by atoms with Crippen molar-refractivity contribution in [1.29, 1.82) is 0 Å². The number of nitrogens with one attached hydrogen (secondary N) is 1. The molecule has 0 saturated carbocycles. The Kier molecular flexibility index (Phi) is 59.1. The van der Waals surface area contributed by atoms with Crippen LogP contribution >= 0.6 is 11.3 Å². The predicted octanol–water partition coefficient (Wildman–Crippen LogP) is 31.5. The topological polar surface area (TPSA) is 146 Å². The summed E-state index contributed by atoms with van der Waals surface area (Å²) < 4.78 is 19.2. The Morgan fingerprint density at radius 1 is 0.431 bits per heavy atom. The van der Waals surface area contributed by atoms with Gasteiger partial charge in [-0.2, -0.15) is 0 Å². The van der Waals surface area contributed by atoms with Gasteiger partial charge < -0.3 is 19.2 Å². The molecule has 5 heterocycles. The summed E-state index contributed by atoms with van der Waals surface area (Å²) in [7, 11) is 0. The van der Waals surface area contributed by atoms with Gasteiger partial charge in [0.25, 0.3) is 0 Å². The lowest BCUT2D eigenvalue weighted by atomic mass is 9.91. The molecular weight excluding hydrogens is 1450 g/mol. The Morgan fingerprint density at radius 2 is 0.940 bits per heavy atom. The molecule has 632 valence electrons. The molecule has 7 aromatic carbocycles. The highest BCUT2D eigenvalue weighted by molar-refractivity contribution is 7.26. The zero-order valence-corrected chi connectivity index (χ0v) is 77.2. The SMILES string of the molecule is CC.CC.CC.CC.CC.CCC(C)(C)C(=O)Oc1ccccc1.CCC(C)C(=O)Nc1ccccc1.CCC(C)C(=O)OCCc1ccccc1.CCC(C)c1ccc2c(c1)oc1ccccc12.CCC(C)c1cccc2c1sc1ccccc12.CCC(C)c1cccnc1.CCC(C)c1ccncc1.CCC(C)c1cnccn1. The van der Waals surface area contributed by atoms with Crippen molar-refractivity contribution in [2.45, 2.75) is 274 Å². The number of carbonyl (C=O) groups excluding carboxylic acids is 3.